The van der Waals surface area contributed by atoms with Crippen molar-refractivity contribution in [3.8, 4) is 11.4 Å². The molecule has 0 saturated carbocycles. The van der Waals surface area contributed by atoms with Gasteiger partial charge in [-0.05, 0) is 74.9 Å². The van der Waals surface area contributed by atoms with E-state index in [1.165, 1.54) is 11.1 Å². The molecule has 3 rings (SSSR count). The minimum absolute atomic E-state index is 0.467. The molecule has 0 N–H and O–H groups in total. The fourth-order valence-electron chi connectivity index (χ4n) is 2.44. The van der Waals surface area contributed by atoms with Gasteiger partial charge in [-0.25, -0.2) is 9.97 Å². The Balaban J connectivity index is 2.31. The van der Waals surface area contributed by atoms with Gasteiger partial charge >= 0.3 is 0 Å². The number of hydrogen-bond donors (Lipinski definition) is 0. The van der Waals surface area contributed by atoms with Crippen molar-refractivity contribution in [2.45, 2.75) is 19.3 Å². The zero-order valence-electron chi connectivity index (χ0n) is 9.24. The molecular formula is C13H10I2N2. The maximum absolute atomic E-state index is 4.66. The summed E-state index contributed by atoms with van der Waals surface area (Å²) in [6.07, 6.45) is 1.10. The molecule has 1 aliphatic rings. The second-order valence-electron chi connectivity index (χ2n) is 4.10. The highest BCUT2D eigenvalue weighted by Gasteiger charge is 2.29. The number of halogens is 2. The zero-order valence-corrected chi connectivity index (χ0v) is 13.6. The van der Waals surface area contributed by atoms with Crippen LogP contribution >= 0.6 is 45.2 Å². The number of nitrogens with zero attached hydrogens (tertiary/aromatic N) is 2. The monoisotopic (exact) mass is 448 g/mol. The van der Waals surface area contributed by atoms with Crippen LogP contribution in [0.5, 0.6) is 0 Å². The summed E-state index contributed by atoms with van der Waals surface area (Å²) < 4.78 is 2.06. The molecule has 2 heterocycles. The summed E-state index contributed by atoms with van der Waals surface area (Å²) in [6, 6.07) is 8.57. The van der Waals surface area contributed by atoms with Gasteiger partial charge in [0.15, 0.2) is 0 Å². The van der Waals surface area contributed by atoms with Crippen LogP contribution in [-0.2, 0) is 0 Å². The van der Waals surface area contributed by atoms with Crippen LogP contribution in [-0.4, -0.2) is 9.97 Å². The Bertz CT molecular complexity index is 544. The molecule has 86 valence electrons. The standard InChI is InChI=1S/C13H10I2N2/c1-2-7-8-3-5-10(14)16-12(8)13-9(7)4-6-11(15)17-13/h3-7H,2H2,1H3. The van der Waals surface area contributed by atoms with Crippen molar-refractivity contribution in [3.05, 3.63) is 42.8 Å². The van der Waals surface area contributed by atoms with Gasteiger partial charge in [0.05, 0.1) is 11.4 Å². The molecule has 0 aromatic carbocycles. The summed E-state index contributed by atoms with van der Waals surface area (Å²) in [5.74, 6) is 0.467. The van der Waals surface area contributed by atoms with E-state index < -0.39 is 0 Å². The van der Waals surface area contributed by atoms with Crippen molar-refractivity contribution >= 4 is 45.2 Å². The highest BCUT2D eigenvalue weighted by molar-refractivity contribution is 14.1. The summed E-state index contributed by atoms with van der Waals surface area (Å²) in [7, 11) is 0. The topological polar surface area (TPSA) is 25.8 Å². The molecule has 2 nitrogen and oxygen atoms in total. The average Bonchev–Trinajstić information content (AvgIpc) is 2.62. The van der Waals surface area contributed by atoms with Crippen LogP contribution in [0.25, 0.3) is 11.4 Å². The number of rotatable bonds is 1. The molecule has 0 amide bonds. The lowest BCUT2D eigenvalue weighted by Gasteiger charge is -2.09. The van der Waals surface area contributed by atoms with Crippen LogP contribution in [0.4, 0.5) is 0 Å². The van der Waals surface area contributed by atoms with E-state index in [4.69, 9.17) is 0 Å². The molecule has 0 spiro atoms. The first-order valence-electron chi connectivity index (χ1n) is 5.54. The van der Waals surface area contributed by atoms with Crippen molar-refractivity contribution in [1.82, 2.24) is 9.97 Å². The van der Waals surface area contributed by atoms with E-state index >= 15 is 0 Å². The average molecular weight is 448 g/mol. The van der Waals surface area contributed by atoms with E-state index in [2.05, 4.69) is 86.3 Å². The van der Waals surface area contributed by atoms with Crippen LogP contribution in [0.3, 0.4) is 0 Å². The Labute approximate surface area is 128 Å². The van der Waals surface area contributed by atoms with Gasteiger partial charge in [-0.3, -0.25) is 0 Å². The van der Waals surface area contributed by atoms with Crippen molar-refractivity contribution in [3.63, 3.8) is 0 Å². The Hall–Kier alpha value is -0.240. The van der Waals surface area contributed by atoms with Gasteiger partial charge < -0.3 is 0 Å². The fourth-order valence-corrected chi connectivity index (χ4v) is 3.28. The molecule has 1 aliphatic carbocycles. The second-order valence-corrected chi connectivity index (χ2v) is 6.31. The van der Waals surface area contributed by atoms with E-state index in [0.29, 0.717) is 5.92 Å². The third kappa shape index (κ3) is 1.89. The summed E-state index contributed by atoms with van der Waals surface area (Å²) in [5.41, 5.74) is 4.82. The highest BCUT2D eigenvalue weighted by Crippen LogP contribution is 2.44. The van der Waals surface area contributed by atoms with Crippen molar-refractivity contribution in [2.75, 3.05) is 0 Å². The van der Waals surface area contributed by atoms with Crippen LogP contribution in [0.15, 0.2) is 24.3 Å². The highest BCUT2D eigenvalue weighted by atomic mass is 127. The lowest BCUT2D eigenvalue weighted by Crippen LogP contribution is -1.95. The lowest BCUT2D eigenvalue weighted by atomic mass is 9.96. The SMILES string of the molecule is CCC1c2ccc(I)nc2-c2nc(I)ccc21. The van der Waals surface area contributed by atoms with E-state index in [0.717, 1.165) is 25.2 Å². The number of hydrogen-bond acceptors (Lipinski definition) is 2. The van der Waals surface area contributed by atoms with Gasteiger partial charge in [0.25, 0.3) is 0 Å². The van der Waals surface area contributed by atoms with E-state index in [-0.39, 0.29) is 0 Å². The van der Waals surface area contributed by atoms with Gasteiger partial charge in [0.2, 0.25) is 0 Å². The Kier molecular flexibility index (Phi) is 3.10. The van der Waals surface area contributed by atoms with E-state index in [1.54, 1.807) is 0 Å². The molecule has 0 bridgehead atoms. The fraction of sp³-hybridized carbons (Fsp3) is 0.231. The normalized spacial score (nSPS) is 13.6. The molecular weight excluding hydrogens is 438 g/mol. The molecule has 0 aliphatic heterocycles. The van der Waals surface area contributed by atoms with Gasteiger partial charge in [-0.15, -0.1) is 0 Å². The molecule has 2 aromatic heterocycles. The molecule has 0 atom stereocenters. The largest absolute Gasteiger partial charge is 0.240 e. The van der Waals surface area contributed by atoms with Crippen molar-refractivity contribution in [1.29, 1.82) is 0 Å². The first-order valence-corrected chi connectivity index (χ1v) is 7.69. The predicted octanol–water partition coefficient (Wildman–Crippen LogP) is 4.21. The molecule has 0 fully saturated rings. The molecule has 0 saturated heterocycles. The second kappa shape index (κ2) is 4.46. The van der Waals surface area contributed by atoms with Gasteiger partial charge in [-0.2, -0.15) is 0 Å². The summed E-state index contributed by atoms with van der Waals surface area (Å²) in [5, 5.41) is 0. The van der Waals surface area contributed by atoms with Crippen molar-refractivity contribution in [2.24, 2.45) is 0 Å². The smallest absolute Gasteiger partial charge is 0.102 e. The van der Waals surface area contributed by atoms with Crippen LogP contribution in [0, 0.1) is 7.40 Å². The lowest BCUT2D eigenvalue weighted by molar-refractivity contribution is 0.793. The third-order valence-corrected chi connectivity index (χ3v) is 4.37. The number of fused-ring (bicyclic) bond motifs is 3. The zero-order chi connectivity index (χ0) is 12.0. The molecule has 2 aromatic rings. The summed E-state index contributed by atoms with van der Waals surface area (Å²) in [4.78, 5) is 9.31. The van der Waals surface area contributed by atoms with Crippen molar-refractivity contribution < 1.29 is 0 Å². The van der Waals surface area contributed by atoms with Crippen LogP contribution in [0.2, 0.25) is 0 Å². The minimum atomic E-state index is 0.467. The maximum atomic E-state index is 4.66. The Morgan fingerprint density at radius 1 is 0.941 bits per heavy atom. The van der Waals surface area contributed by atoms with Crippen LogP contribution < -0.4 is 0 Å². The quantitative estimate of drug-likeness (QED) is 0.483. The van der Waals surface area contributed by atoms with Gasteiger partial charge in [0.1, 0.15) is 7.40 Å². The first kappa shape index (κ1) is 11.8. The van der Waals surface area contributed by atoms with E-state index in [9.17, 15) is 0 Å². The minimum Gasteiger partial charge on any atom is -0.240 e. The molecule has 4 heteroatoms. The molecule has 0 radical (unpaired) electrons. The number of aromatic nitrogens is 2. The van der Waals surface area contributed by atoms with Gasteiger partial charge in [0, 0.05) is 5.92 Å². The van der Waals surface area contributed by atoms with Gasteiger partial charge in [-0.1, -0.05) is 19.1 Å². The van der Waals surface area contributed by atoms with Crippen LogP contribution in [0.1, 0.15) is 30.4 Å². The third-order valence-electron chi connectivity index (χ3n) is 3.17. The maximum Gasteiger partial charge on any atom is 0.102 e. The summed E-state index contributed by atoms with van der Waals surface area (Å²) >= 11 is 4.52. The van der Waals surface area contributed by atoms with E-state index in [1.807, 2.05) is 0 Å². The number of pyridine rings is 2. The Morgan fingerprint density at radius 2 is 1.41 bits per heavy atom. The first-order chi connectivity index (χ1) is 8.20. The molecule has 17 heavy (non-hydrogen) atoms. The summed E-state index contributed by atoms with van der Waals surface area (Å²) in [6.45, 7) is 2.22. The Morgan fingerprint density at radius 3 is 1.82 bits per heavy atom. The molecule has 0 unspecified atom stereocenters. The predicted molar refractivity (Wildman–Crippen MR) is 85.0 cm³/mol.